The predicted octanol–water partition coefficient (Wildman–Crippen LogP) is 2.19. The van der Waals surface area contributed by atoms with Crippen LogP contribution in [0.1, 0.15) is 30.6 Å². The standard InChI is InChI=1S/C21H22N2O3/c1-12-16-10-23-8-7-14-13-5-3-4-6-18(13)22-20(14)19(23)9-15(16)17(11-26-12)21(24)25-2/h3-8,11-12,15-16,19,22H,9-10H2,1-2H3/p+1/t12-,15-,16-,19?/m0/s1. The number of hydrogen-bond donors (Lipinski definition) is 2. The summed E-state index contributed by atoms with van der Waals surface area (Å²) in [4.78, 5) is 17.4. The molecule has 0 amide bonds. The lowest BCUT2D eigenvalue weighted by atomic mass is 9.73. The molecule has 2 unspecified atom stereocenters. The molecule has 0 bridgehead atoms. The van der Waals surface area contributed by atoms with Gasteiger partial charge < -0.3 is 19.4 Å². The normalized spacial score (nSPS) is 32.1. The minimum atomic E-state index is -0.265. The van der Waals surface area contributed by atoms with Crippen LogP contribution in [0.3, 0.4) is 0 Å². The van der Waals surface area contributed by atoms with Crippen molar-refractivity contribution in [1.82, 2.24) is 4.98 Å². The van der Waals surface area contributed by atoms with Crippen molar-refractivity contribution in [2.75, 3.05) is 13.7 Å². The van der Waals surface area contributed by atoms with Gasteiger partial charge in [-0.2, -0.15) is 0 Å². The molecule has 5 heteroatoms. The SMILES string of the molecule is COC(=O)C1=CO[C@@H](C)[C@@H]2C[NH+]3C=Cc4c([nH]c5ccccc45)C3C[C@H]12. The van der Waals surface area contributed by atoms with E-state index in [0.717, 1.165) is 13.0 Å². The fraction of sp³-hybridized carbons (Fsp3) is 0.381. The monoisotopic (exact) mass is 351 g/mol. The van der Waals surface area contributed by atoms with Gasteiger partial charge in [0.2, 0.25) is 0 Å². The second-order valence-electron chi connectivity index (χ2n) is 7.57. The Morgan fingerprint density at radius 1 is 1.35 bits per heavy atom. The van der Waals surface area contributed by atoms with E-state index in [4.69, 9.17) is 9.47 Å². The lowest BCUT2D eigenvalue weighted by Gasteiger charge is -2.44. The minimum Gasteiger partial charge on any atom is -0.497 e. The molecule has 2 N–H and O–H groups in total. The average molecular weight is 351 g/mol. The number of carbonyl (C=O) groups excluding carboxylic acids is 1. The summed E-state index contributed by atoms with van der Waals surface area (Å²) in [6.07, 6.45) is 7.18. The van der Waals surface area contributed by atoms with Crippen LogP contribution in [-0.2, 0) is 14.3 Å². The molecular weight excluding hydrogens is 328 g/mol. The molecule has 5 nitrogen and oxygen atoms in total. The van der Waals surface area contributed by atoms with Crippen molar-refractivity contribution >= 4 is 22.9 Å². The lowest BCUT2D eigenvalue weighted by molar-refractivity contribution is -0.893. The van der Waals surface area contributed by atoms with Crippen molar-refractivity contribution in [2.24, 2.45) is 11.8 Å². The first-order chi connectivity index (χ1) is 12.7. The lowest BCUT2D eigenvalue weighted by Crippen LogP contribution is -3.10. The highest BCUT2D eigenvalue weighted by Gasteiger charge is 2.48. The number of carbonyl (C=O) groups is 1. The molecule has 3 aliphatic rings. The van der Waals surface area contributed by atoms with E-state index in [0.29, 0.717) is 17.5 Å². The summed E-state index contributed by atoms with van der Waals surface area (Å²) in [5.41, 5.74) is 4.43. The zero-order valence-electron chi connectivity index (χ0n) is 15.0. The fourth-order valence-corrected chi connectivity index (χ4v) is 4.99. The Kier molecular flexibility index (Phi) is 3.47. The third kappa shape index (κ3) is 2.16. The number of aromatic nitrogens is 1. The van der Waals surface area contributed by atoms with Crippen molar-refractivity contribution in [3.05, 3.63) is 53.6 Å². The largest absolute Gasteiger partial charge is 0.497 e. The number of aromatic amines is 1. The second kappa shape index (κ2) is 5.74. The number of piperidine rings is 1. The zero-order chi connectivity index (χ0) is 17.8. The number of methoxy groups -OCH3 is 1. The predicted molar refractivity (Wildman–Crippen MR) is 98.1 cm³/mol. The highest BCUT2D eigenvalue weighted by Crippen LogP contribution is 2.41. The Hall–Kier alpha value is -2.53. The number of H-pyrrole nitrogens is 1. The van der Waals surface area contributed by atoms with E-state index < -0.39 is 0 Å². The van der Waals surface area contributed by atoms with Crippen molar-refractivity contribution < 1.29 is 19.2 Å². The number of ether oxygens (including phenoxy) is 2. The zero-order valence-corrected chi connectivity index (χ0v) is 15.0. The third-order valence-electron chi connectivity index (χ3n) is 6.35. The summed E-state index contributed by atoms with van der Waals surface area (Å²) < 4.78 is 10.8. The summed E-state index contributed by atoms with van der Waals surface area (Å²) in [6, 6.07) is 8.76. The van der Waals surface area contributed by atoms with Crippen LogP contribution in [-0.4, -0.2) is 30.7 Å². The van der Waals surface area contributed by atoms with Gasteiger partial charge in [0.15, 0.2) is 0 Å². The number of nitrogens with one attached hydrogen (secondary N) is 2. The molecule has 134 valence electrons. The number of esters is 1. The minimum absolute atomic E-state index is 0.111. The molecule has 0 radical (unpaired) electrons. The van der Waals surface area contributed by atoms with E-state index in [9.17, 15) is 4.79 Å². The summed E-state index contributed by atoms with van der Waals surface area (Å²) >= 11 is 0. The molecule has 5 atom stereocenters. The van der Waals surface area contributed by atoms with Crippen LogP contribution in [0.2, 0.25) is 0 Å². The molecule has 0 spiro atoms. The van der Waals surface area contributed by atoms with Crippen LogP contribution in [0, 0.1) is 11.8 Å². The summed E-state index contributed by atoms with van der Waals surface area (Å²) in [7, 11) is 1.44. The number of fused-ring (bicyclic) bond motifs is 6. The third-order valence-corrected chi connectivity index (χ3v) is 6.35. The van der Waals surface area contributed by atoms with Gasteiger partial charge in [-0.25, -0.2) is 4.79 Å². The molecule has 4 heterocycles. The fourth-order valence-electron chi connectivity index (χ4n) is 4.99. The van der Waals surface area contributed by atoms with Gasteiger partial charge in [0, 0.05) is 34.9 Å². The molecule has 26 heavy (non-hydrogen) atoms. The Bertz CT molecular complexity index is 942. The Balaban J connectivity index is 1.57. The Morgan fingerprint density at radius 3 is 3.04 bits per heavy atom. The average Bonchev–Trinajstić information content (AvgIpc) is 3.06. The van der Waals surface area contributed by atoms with Crippen molar-refractivity contribution in [3.63, 3.8) is 0 Å². The van der Waals surface area contributed by atoms with Crippen LogP contribution >= 0.6 is 0 Å². The molecule has 0 aliphatic carbocycles. The first kappa shape index (κ1) is 15.7. The quantitative estimate of drug-likeness (QED) is 0.775. The molecule has 1 saturated heterocycles. The maximum Gasteiger partial charge on any atom is 0.337 e. The van der Waals surface area contributed by atoms with Crippen LogP contribution in [0.5, 0.6) is 0 Å². The molecule has 3 aliphatic heterocycles. The van der Waals surface area contributed by atoms with Gasteiger partial charge in [-0.15, -0.1) is 0 Å². The Labute approximate surface area is 152 Å². The van der Waals surface area contributed by atoms with E-state index in [1.807, 2.05) is 0 Å². The second-order valence-corrected chi connectivity index (χ2v) is 7.57. The molecule has 2 aromatic rings. The maximum atomic E-state index is 12.3. The van der Waals surface area contributed by atoms with E-state index in [2.05, 4.69) is 48.4 Å². The van der Waals surface area contributed by atoms with Crippen LogP contribution in [0.15, 0.2) is 42.3 Å². The highest BCUT2D eigenvalue weighted by atomic mass is 16.5. The van der Waals surface area contributed by atoms with Crippen molar-refractivity contribution in [3.8, 4) is 0 Å². The summed E-state index contributed by atoms with van der Waals surface area (Å²) in [5, 5.41) is 1.27. The number of quaternary nitrogens is 1. The van der Waals surface area contributed by atoms with E-state index >= 15 is 0 Å². The van der Waals surface area contributed by atoms with Crippen molar-refractivity contribution in [2.45, 2.75) is 25.5 Å². The molecule has 1 fully saturated rings. The topological polar surface area (TPSA) is 55.8 Å². The van der Waals surface area contributed by atoms with E-state index in [1.54, 1.807) is 6.26 Å². The number of benzene rings is 1. The molecule has 1 aromatic carbocycles. The molecular formula is C21H23N2O3+. The summed E-state index contributed by atoms with van der Waals surface area (Å²) in [5.74, 6) is 0.222. The first-order valence-corrected chi connectivity index (χ1v) is 9.25. The molecule has 5 rings (SSSR count). The molecule has 0 saturated carbocycles. The maximum absolute atomic E-state index is 12.3. The number of para-hydroxylation sites is 1. The van der Waals surface area contributed by atoms with Gasteiger partial charge >= 0.3 is 5.97 Å². The molecule has 1 aromatic heterocycles. The van der Waals surface area contributed by atoms with Gasteiger partial charge in [-0.1, -0.05) is 18.2 Å². The van der Waals surface area contributed by atoms with Crippen molar-refractivity contribution in [1.29, 1.82) is 0 Å². The van der Waals surface area contributed by atoms with Crippen LogP contribution < -0.4 is 4.90 Å². The number of rotatable bonds is 1. The summed E-state index contributed by atoms with van der Waals surface area (Å²) in [6.45, 7) is 3.06. The Morgan fingerprint density at radius 2 is 2.19 bits per heavy atom. The van der Waals surface area contributed by atoms with Gasteiger partial charge in [0.25, 0.3) is 0 Å². The van der Waals surface area contributed by atoms with Gasteiger partial charge in [-0.3, -0.25) is 0 Å². The van der Waals surface area contributed by atoms with E-state index in [1.165, 1.54) is 34.2 Å². The highest BCUT2D eigenvalue weighted by molar-refractivity contribution is 5.91. The van der Waals surface area contributed by atoms with E-state index in [-0.39, 0.29) is 18.0 Å². The van der Waals surface area contributed by atoms with Crippen LogP contribution in [0.25, 0.3) is 17.0 Å². The van der Waals surface area contributed by atoms with Gasteiger partial charge in [-0.05, 0) is 13.0 Å². The number of hydrogen-bond acceptors (Lipinski definition) is 3. The first-order valence-electron chi connectivity index (χ1n) is 9.25. The van der Waals surface area contributed by atoms with Gasteiger partial charge in [0.1, 0.15) is 12.1 Å². The van der Waals surface area contributed by atoms with Gasteiger partial charge in [0.05, 0.1) is 43.3 Å². The van der Waals surface area contributed by atoms with Crippen LogP contribution in [0.4, 0.5) is 0 Å². The smallest absolute Gasteiger partial charge is 0.337 e.